The topological polar surface area (TPSA) is 47.0 Å². The molecule has 0 amide bonds. The smallest absolute Gasteiger partial charge is 0.222 e. The Balaban J connectivity index is 2.18. The number of ether oxygens (including phenoxy) is 1. The van der Waals surface area contributed by atoms with Crippen molar-refractivity contribution in [2.24, 2.45) is 0 Å². The zero-order valence-electron chi connectivity index (χ0n) is 12.3. The molecule has 1 heterocycles. The first-order valence-electron chi connectivity index (χ1n) is 7.46. The van der Waals surface area contributed by atoms with Gasteiger partial charge in [-0.25, -0.2) is 4.98 Å². The van der Waals surface area contributed by atoms with E-state index in [1.807, 2.05) is 14.0 Å². The molecule has 0 saturated heterocycles. The second-order valence-corrected chi connectivity index (χ2v) is 5.30. The van der Waals surface area contributed by atoms with Crippen LogP contribution in [0.4, 0.5) is 5.82 Å². The number of anilines is 1. The van der Waals surface area contributed by atoms with Crippen molar-refractivity contribution >= 4 is 5.82 Å². The number of nitrogens with zero attached hydrogens (tertiary/aromatic N) is 2. The maximum absolute atomic E-state index is 6.12. The van der Waals surface area contributed by atoms with Gasteiger partial charge in [0, 0.05) is 13.5 Å². The van der Waals surface area contributed by atoms with E-state index in [0.717, 1.165) is 48.8 Å². The number of hydrogen-bond acceptors (Lipinski definition) is 4. The second-order valence-electron chi connectivity index (χ2n) is 5.30. The van der Waals surface area contributed by atoms with Gasteiger partial charge in [-0.2, -0.15) is 4.98 Å². The molecule has 1 fully saturated rings. The third-order valence-corrected chi connectivity index (χ3v) is 3.69. The van der Waals surface area contributed by atoms with Gasteiger partial charge in [0.15, 0.2) is 0 Å². The summed E-state index contributed by atoms with van der Waals surface area (Å²) < 4.78 is 6.12. The standard InChI is InChI=1S/C15H25N3O/c1-4-8-13-17-14(16-3)11(2)15(18-13)19-12-9-6-5-7-10-12/h12H,4-10H2,1-3H3,(H,16,17,18). The SMILES string of the molecule is CCCc1nc(NC)c(C)c(OC2CCCCC2)n1. The summed E-state index contributed by atoms with van der Waals surface area (Å²) in [5.41, 5.74) is 1.02. The second kappa shape index (κ2) is 6.73. The Hall–Kier alpha value is -1.32. The lowest BCUT2D eigenvalue weighted by atomic mass is 9.98. The Morgan fingerprint density at radius 2 is 1.95 bits per heavy atom. The van der Waals surface area contributed by atoms with Gasteiger partial charge in [-0.05, 0) is 39.0 Å². The van der Waals surface area contributed by atoms with E-state index in [4.69, 9.17) is 4.74 Å². The van der Waals surface area contributed by atoms with Crippen LogP contribution < -0.4 is 10.1 Å². The Morgan fingerprint density at radius 1 is 1.21 bits per heavy atom. The Labute approximate surface area is 116 Å². The van der Waals surface area contributed by atoms with Gasteiger partial charge >= 0.3 is 0 Å². The fraction of sp³-hybridized carbons (Fsp3) is 0.733. The monoisotopic (exact) mass is 263 g/mol. The lowest BCUT2D eigenvalue weighted by Crippen LogP contribution is -2.21. The van der Waals surface area contributed by atoms with Crippen LogP contribution in [0.15, 0.2) is 0 Å². The molecule has 2 rings (SSSR count). The lowest BCUT2D eigenvalue weighted by molar-refractivity contribution is 0.147. The van der Waals surface area contributed by atoms with E-state index in [1.54, 1.807) is 0 Å². The predicted octanol–water partition coefficient (Wildman–Crippen LogP) is 3.49. The number of aryl methyl sites for hydroxylation is 1. The molecule has 0 atom stereocenters. The van der Waals surface area contributed by atoms with Crippen LogP contribution in [-0.4, -0.2) is 23.1 Å². The summed E-state index contributed by atoms with van der Waals surface area (Å²) in [6, 6.07) is 0. The van der Waals surface area contributed by atoms with Crippen molar-refractivity contribution in [2.75, 3.05) is 12.4 Å². The molecular weight excluding hydrogens is 238 g/mol. The Bertz CT molecular complexity index is 414. The minimum Gasteiger partial charge on any atom is -0.474 e. The molecule has 0 bridgehead atoms. The summed E-state index contributed by atoms with van der Waals surface area (Å²) in [5.74, 6) is 2.54. The minimum absolute atomic E-state index is 0.335. The maximum Gasteiger partial charge on any atom is 0.222 e. The molecule has 4 heteroatoms. The summed E-state index contributed by atoms with van der Waals surface area (Å²) >= 11 is 0. The molecule has 19 heavy (non-hydrogen) atoms. The first-order valence-corrected chi connectivity index (χ1v) is 7.46. The highest BCUT2D eigenvalue weighted by atomic mass is 16.5. The zero-order chi connectivity index (χ0) is 13.7. The van der Waals surface area contributed by atoms with E-state index in [9.17, 15) is 0 Å². The molecule has 1 aromatic rings. The van der Waals surface area contributed by atoms with Gasteiger partial charge in [0.1, 0.15) is 17.7 Å². The molecule has 1 aromatic heterocycles. The zero-order valence-corrected chi connectivity index (χ0v) is 12.3. The van der Waals surface area contributed by atoms with Crippen molar-refractivity contribution in [3.8, 4) is 5.88 Å². The van der Waals surface area contributed by atoms with E-state index in [0.29, 0.717) is 6.10 Å². The molecule has 0 radical (unpaired) electrons. The maximum atomic E-state index is 6.12. The number of hydrogen-bond donors (Lipinski definition) is 1. The van der Waals surface area contributed by atoms with Crippen LogP contribution in [0.1, 0.15) is 56.8 Å². The quantitative estimate of drug-likeness (QED) is 0.883. The number of rotatable bonds is 5. The Morgan fingerprint density at radius 3 is 2.58 bits per heavy atom. The molecule has 106 valence electrons. The Kier molecular flexibility index (Phi) is 5.00. The molecule has 0 aliphatic heterocycles. The molecule has 0 aromatic carbocycles. The van der Waals surface area contributed by atoms with E-state index in [1.165, 1.54) is 19.3 Å². The lowest BCUT2D eigenvalue weighted by Gasteiger charge is -2.23. The predicted molar refractivity (Wildman–Crippen MR) is 77.8 cm³/mol. The largest absolute Gasteiger partial charge is 0.474 e. The van der Waals surface area contributed by atoms with Crippen LogP contribution >= 0.6 is 0 Å². The van der Waals surface area contributed by atoms with Gasteiger partial charge in [0.05, 0.1) is 5.56 Å². The normalized spacial score (nSPS) is 16.4. The highest BCUT2D eigenvalue weighted by molar-refractivity contribution is 5.48. The summed E-state index contributed by atoms with van der Waals surface area (Å²) in [5, 5.41) is 3.14. The van der Waals surface area contributed by atoms with Gasteiger partial charge in [0.25, 0.3) is 0 Å². The summed E-state index contributed by atoms with van der Waals surface area (Å²) in [7, 11) is 1.90. The molecule has 1 aliphatic rings. The highest BCUT2D eigenvalue weighted by Gasteiger charge is 2.18. The number of aromatic nitrogens is 2. The van der Waals surface area contributed by atoms with Crippen LogP contribution in [0.25, 0.3) is 0 Å². The van der Waals surface area contributed by atoms with E-state index in [-0.39, 0.29) is 0 Å². The van der Waals surface area contributed by atoms with Crippen molar-refractivity contribution < 1.29 is 4.74 Å². The first kappa shape index (κ1) is 14.1. The van der Waals surface area contributed by atoms with Crippen molar-refractivity contribution in [2.45, 2.75) is 64.9 Å². The van der Waals surface area contributed by atoms with Crippen LogP contribution in [-0.2, 0) is 6.42 Å². The van der Waals surface area contributed by atoms with E-state index < -0.39 is 0 Å². The van der Waals surface area contributed by atoms with Gasteiger partial charge in [-0.1, -0.05) is 13.3 Å². The molecule has 0 unspecified atom stereocenters. The average Bonchev–Trinajstić information content (AvgIpc) is 2.43. The average molecular weight is 263 g/mol. The minimum atomic E-state index is 0.335. The fourth-order valence-corrected chi connectivity index (χ4v) is 2.57. The van der Waals surface area contributed by atoms with Gasteiger partial charge in [-0.3, -0.25) is 0 Å². The van der Waals surface area contributed by atoms with Crippen LogP contribution in [0.5, 0.6) is 5.88 Å². The van der Waals surface area contributed by atoms with E-state index >= 15 is 0 Å². The third kappa shape index (κ3) is 3.58. The van der Waals surface area contributed by atoms with Gasteiger partial charge in [0.2, 0.25) is 5.88 Å². The van der Waals surface area contributed by atoms with Crippen LogP contribution in [0, 0.1) is 6.92 Å². The van der Waals surface area contributed by atoms with Gasteiger partial charge in [-0.15, -0.1) is 0 Å². The summed E-state index contributed by atoms with van der Waals surface area (Å²) in [6.07, 6.45) is 8.48. The number of nitrogens with one attached hydrogen (secondary N) is 1. The summed E-state index contributed by atoms with van der Waals surface area (Å²) in [6.45, 7) is 4.17. The van der Waals surface area contributed by atoms with Crippen molar-refractivity contribution in [3.63, 3.8) is 0 Å². The van der Waals surface area contributed by atoms with Crippen molar-refractivity contribution in [1.82, 2.24) is 9.97 Å². The highest BCUT2D eigenvalue weighted by Crippen LogP contribution is 2.27. The van der Waals surface area contributed by atoms with Crippen molar-refractivity contribution in [1.29, 1.82) is 0 Å². The molecular formula is C15H25N3O. The van der Waals surface area contributed by atoms with Crippen molar-refractivity contribution in [3.05, 3.63) is 11.4 Å². The molecule has 4 nitrogen and oxygen atoms in total. The fourth-order valence-electron chi connectivity index (χ4n) is 2.57. The van der Waals surface area contributed by atoms with Crippen LogP contribution in [0.3, 0.4) is 0 Å². The third-order valence-electron chi connectivity index (χ3n) is 3.69. The van der Waals surface area contributed by atoms with Gasteiger partial charge < -0.3 is 10.1 Å². The molecule has 1 saturated carbocycles. The van der Waals surface area contributed by atoms with E-state index in [2.05, 4.69) is 22.2 Å². The first-order chi connectivity index (χ1) is 9.24. The molecule has 1 N–H and O–H groups in total. The molecule has 1 aliphatic carbocycles. The molecule has 0 spiro atoms. The summed E-state index contributed by atoms with van der Waals surface area (Å²) in [4.78, 5) is 9.12. The van der Waals surface area contributed by atoms with Crippen LogP contribution in [0.2, 0.25) is 0 Å².